The lowest BCUT2D eigenvalue weighted by atomic mass is 10.2. The van der Waals surface area contributed by atoms with E-state index in [0.29, 0.717) is 0 Å². The van der Waals surface area contributed by atoms with Crippen molar-refractivity contribution in [3.63, 3.8) is 0 Å². The second kappa shape index (κ2) is 5.37. The predicted molar refractivity (Wildman–Crippen MR) is 69.9 cm³/mol. The Hall–Kier alpha value is -1.59. The maximum Gasteiger partial charge on any atom is 0.246 e. The van der Waals surface area contributed by atoms with Gasteiger partial charge >= 0.3 is 0 Å². The Bertz CT molecular complexity index is 582. The number of aryl methyl sites for hydroxylation is 1. The molecule has 1 aromatic carbocycles. The molecule has 0 aliphatic rings. The Labute approximate surface area is 114 Å². The van der Waals surface area contributed by atoms with Crippen molar-refractivity contribution in [1.82, 2.24) is 14.8 Å². The van der Waals surface area contributed by atoms with Gasteiger partial charge in [-0.05, 0) is 47.8 Å². The molecule has 1 aromatic heterocycles. The summed E-state index contributed by atoms with van der Waals surface area (Å²) in [6, 6.07) is 7.49. The minimum Gasteiger partial charge on any atom is -0.324 e. The van der Waals surface area contributed by atoms with Crippen LogP contribution in [0.3, 0.4) is 0 Å². The molecule has 0 aliphatic carbocycles. The van der Waals surface area contributed by atoms with Crippen molar-refractivity contribution in [2.24, 2.45) is 0 Å². The molecule has 94 valence electrons. The largest absolute Gasteiger partial charge is 0.324 e. The number of benzene rings is 1. The lowest BCUT2D eigenvalue weighted by Crippen LogP contribution is -2.19. The molecule has 0 fully saturated rings. The molecule has 1 N–H and O–H groups in total. The highest BCUT2D eigenvalue weighted by Crippen LogP contribution is 2.11. The van der Waals surface area contributed by atoms with Crippen LogP contribution in [-0.2, 0) is 11.3 Å². The van der Waals surface area contributed by atoms with E-state index in [1.807, 2.05) is 25.1 Å². The summed E-state index contributed by atoms with van der Waals surface area (Å²) in [4.78, 5) is 15.4. The van der Waals surface area contributed by atoms with Gasteiger partial charge in [-0.15, -0.1) is 5.10 Å². The Morgan fingerprint density at radius 2 is 2.22 bits per heavy atom. The fourth-order valence-corrected chi connectivity index (χ4v) is 1.85. The molecule has 1 amide bonds. The van der Waals surface area contributed by atoms with Crippen LogP contribution in [0.4, 0.5) is 5.69 Å². The number of carbonyl (C=O) groups is 1. The Morgan fingerprint density at radius 1 is 1.44 bits per heavy atom. The van der Waals surface area contributed by atoms with Gasteiger partial charge in [0.05, 0.1) is 0 Å². The lowest BCUT2D eigenvalue weighted by molar-refractivity contribution is -0.116. The third kappa shape index (κ3) is 3.21. The van der Waals surface area contributed by atoms with Gasteiger partial charge in [0.1, 0.15) is 6.54 Å². The van der Waals surface area contributed by atoms with Gasteiger partial charge < -0.3 is 5.32 Å². The summed E-state index contributed by atoms with van der Waals surface area (Å²) in [6.45, 7) is 1.91. The summed E-state index contributed by atoms with van der Waals surface area (Å²) in [7, 11) is 0. The summed E-state index contributed by atoms with van der Waals surface area (Å²) >= 11 is 11.3. The number of hydrogen-bond donors (Lipinski definition) is 1. The predicted octanol–water partition coefficient (Wildman–Crippen LogP) is 2.53. The van der Waals surface area contributed by atoms with Crippen molar-refractivity contribution in [3.8, 4) is 0 Å². The van der Waals surface area contributed by atoms with Crippen LogP contribution in [0.2, 0.25) is 10.6 Å². The second-order valence-corrected chi connectivity index (χ2v) is 4.40. The highest BCUT2D eigenvalue weighted by molar-refractivity contribution is 6.31. The van der Waals surface area contributed by atoms with Gasteiger partial charge in [0.15, 0.2) is 0 Å². The molecule has 2 aromatic rings. The SMILES string of the molecule is Cc1cccc(NC(=O)Cn2nc(Cl)nc2Cl)c1. The number of carbonyl (C=O) groups excluding carboxylic acids is 1. The normalized spacial score (nSPS) is 10.4. The Morgan fingerprint density at radius 3 is 2.83 bits per heavy atom. The monoisotopic (exact) mass is 284 g/mol. The van der Waals surface area contributed by atoms with Crippen molar-refractivity contribution >= 4 is 34.8 Å². The molecule has 0 saturated heterocycles. The molecule has 0 unspecified atom stereocenters. The van der Waals surface area contributed by atoms with Crippen LogP contribution in [0.25, 0.3) is 0 Å². The average molecular weight is 285 g/mol. The zero-order valence-corrected chi connectivity index (χ0v) is 11.0. The van der Waals surface area contributed by atoms with Crippen LogP contribution in [0, 0.1) is 6.92 Å². The van der Waals surface area contributed by atoms with E-state index in [1.54, 1.807) is 6.07 Å². The van der Waals surface area contributed by atoms with E-state index < -0.39 is 0 Å². The van der Waals surface area contributed by atoms with Gasteiger partial charge in [0.25, 0.3) is 0 Å². The van der Waals surface area contributed by atoms with E-state index in [1.165, 1.54) is 4.68 Å². The maximum absolute atomic E-state index is 11.8. The third-order valence-electron chi connectivity index (χ3n) is 2.20. The number of amides is 1. The molecule has 0 bridgehead atoms. The number of rotatable bonds is 3. The lowest BCUT2D eigenvalue weighted by Gasteiger charge is -2.06. The average Bonchev–Trinajstić information content (AvgIpc) is 2.57. The van der Waals surface area contributed by atoms with E-state index >= 15 is 0 Å². The number of anilines is 1. The molecule has 0 spiro atoms. The standard InChI is InChI=1S/C11H10Cl2N4O/c1-7-3-2-4-8(5-7)14-9(18)6-17-11(13)15-10(12)16-17/h2-5H,6H2,1H3,(H,14,18). The topological polar surface area (TPSA) is 59.8 Å². The Kier molecular flexibility index (Phi) is 3.84. The van der Waals surface area contributed by atoms with Crippen molar-refractivity contribution < 1.29 is 4.79 Å². The smallest absolute Gasteiger partial charge is 0.246 e. The first-order chi connectivity index (χ1) is 8.54. The van der Waals surface area contributed by atoms with Gasteiger partial charge in [0.2, 0.25) is 16.5 Å². The first-order valence-electron chi connectivity index (χ1n) is 5.17. The molecule has 1 heterocycles. The maximum atomic E-state index is 11.8. The first kappa shape index (κ1) is 12.9. The highest BCUT2D eigenvalue weighted by Gasteiger charge is 2.10. The number of halogens is 2. The third-order valence-corrected chi connectivity index (χ3v) is 2.64. The quantitative estimate of drug-likeness (QED) is 0.942. The zero-order valence-electron chi connectivity index (χ0n) is 9.52. The van der Waals surface area contributed by atoms with Crippen LogP contribution in [0.5, 0.6) is 0 Å². The van der Waals surface area contributed by atoms with E-state index in [4.69, 9.17) is 23.2 Å². The summed E-state index contributed by atoms with van der Waals surface area (Å²) in [6.07, 6.45) is 0. The van der Waals surface area contributed by atoms with Crippen LogP contribution >= 0.6 is 23.2 Å². The van der Waals surface area contributed by atoms with Crippen LogP contribution in [-0.4, -0.2) is 20.7 Å². The van der Waals surface area contributed by atoms with Crippen molar-refractivity contribution in [2.75, 3.05) is 5.32 Å². The fourth-order valence-electron chi connectivity index (χ4n) is 1.46. The molecule has 0 saturated carbocycles. The number of nitrogens with one attached hydrogen (secondary N) is 1. The van der Waals surface area contributed by atoms with Crippen molar-refractivity contribution in [1.29, 1.82) is 0 Å². The van der Waals surface area contributed by atoms with Gasteiger partial charge in [-0.3, -0.25) is 4.79 Å². The van der Waals surface area contributed by atoms with E-state index in [0.717, 1.165) is 11.3 Å². The highest BCUT2D eigenvalue weighted by atomic mass is 35.5. The Balaban J connectivity index is 2.03. The van der Waals surface area contributed by atoms with E-state index in [9.17, 15) is 4.79 Å². The van der Waals surface area contributed by atoms with Gasteiger partial charge in [-0.25, -0.2) is 4.68 Å². The molecule has 18 heavy (non-hydrogen) atoms. The van der Waals surface area contributed by atoms with Crippen molar-refractivity contribution in [3.05, 3.63) is 40.4 Å². The molecular formula is C11H10Cl2N4O. The molecule has 2 rings (SSSR count). The fraction of sp³-hybridized carbons (Fsp3) is 0.182. The van der Waals surface area contributed by atoms with Crippen LogP contribution in [0.15, 0.2) is 24.3 Å². The van der Waals surface area contributed by atoms with E-state index in [-0.39, 0.29) is 23.0 Å². The number of hydrogen-bond acceptors (Lipinski definition) is 3. The van der Waals surface area contributed by atoms with Crippen LogP contribution < -0.4 is 5.32 Å². The number of nitrogens with zero attached hydrogens (tertiary/aromatic N) is 3. The van der Waals surface area contributed by atoms with Crippen LogP contribution in [0.1, 0.15) is 5.56 Å². The number of aromatic nitrogens is 3. The summed E-state index contributed by atoms with van der Waals surface area (Å²) < 4.78 is 1.23. The second-order valence-electron chi connectivity index (χ2n) is 3.73. The molecule has 0 aliphatic heterocycles. The molecule has 0 radical (unpaired) electrons. The zero-order chi connectivity index (χ0) is 13.1. The summed E-state index contributed by atoms with van der Waals surface area (Å²) in [5.41, 5.74) is 1.79. The molecular weight excluding hydrogens is 275 g/mol. The molecule has 5 nitrogen and oxygen atoms in total. The molecule has 7 heteroatoms. The van der Waals surface area contributed by atoms with Gasteiger partial charge in [-0.2, -0.15) is 4.98 Å². The van der Waals surface area contributed by atoms with Gasteiger partial charge in [0, 0.05) is 5.69 Å². The minimum absolute atomic E-state index is 0.0170. The van der Waals surface area contributed by atoms with E-state index in [2.05, 4.69) is 15.4 Å². The minimum atomic E-state index is -0.246. The first-order valence-corrected chi connectivity index (χ1v) is 5.92. The molecule has 0 atom stereocenters. The summed E-state index contributed by atoms with van der Waals surface area (Å²) in [5.74, 6) is -0.246. The summed E-state index contributed by atoms with van der Waals surface area (Å²) in [5, 5.41) is 6.63. The van der Waals surface area contributed by atoms with Gasteiger partial charge in [-0.1, -0.05) is 12.1 Å². The van der Waals surface area contributed by atoms with Crippen molar-refractivity contribution in [2.45, 2.75) is 13.5 Å².